The van der Waals surface area contributed by atoms with Crippen LogP contribution in [0.15, 0.2) is 55.6 Å². The van der Waals surface area contributed by atoms with Gasteiger partial charge >= 0.3 is 0 Å². The highest BCUT2D eigenvalue weighted by atomic mass is 79.9. The molecule has 1 aromatic carbocycles. The molecule has 2 bridgehead atoms. The van der Waals surface area contributed by atoms with Gasteiger partial charge in [-0.3, -0.25) is 14.4 Å². The molecule has 0 aliphatic carbocycles. The smallest absolute Gasteiger partial charge is 0.248 e. The van der Waals surface area contributed by atoms with Crippen LogP contribution in [-0.4, -0.2) is 93.4 Å². The van der Waals surface area contributed by atoms with Crippen molar-refractivity contribution in [2.45, 2.75) is 48.4 Å². The van der Waals surface area contributed by atoms with E-state index in [1.807, 2.05) is 30.3 Å². The highest BCUT2D eigenvalue weighted by molar-refractivity contribution is 9.09. The molecule has 0 saturated carbocycles. The predicted molar refractivity (Wildman–Crippen MR) is 144 cm³/mol. The number of alkyl halides is 1. The summed E-state index contributed by atoms with van der Waals surface area (Å²) in [6.07, 6.45) is 4.35. The number of hydrogen-bond donors (Lipinski definition) is 1. The Kier molecular flexibility index (Phi) is 8.56. The van der Waals surface area contributed by atoms with E-state index >= 15 is 0 Å². The van der Waals surface area contributed by atoms with Crippen LogP contribution in [0.4, 0.5) is 0 Å². The Balaban J connectivity index is 1.73. The number of benzene rings is 1. The third-order valence-corrected chi connectivity index (χ3v) is 8.62. The molecule has 3 aliphatic rings. The first kappa shape index (κ1) is 27.5. The molecule has 1 N–H and O–H groups in total. The van der Waals surface area contributed by atoms with Crippen LogP contribution >= 0.6 is 15.9 Å². The van der Waals surface area contributed by atoms with Crippen LogP contribution in [0.2, 0.25) is 0 Å². The molecule has 3 heterocycles. The first-order valence-electron chi connectivity index (χ1n) is 12.8. The Morgan fingerprint density at radius 2 is 1.89 bits per heavy atom. The maximum atomic E-state index is 14.3. The average Bonchev–Trinajstić information content (AvgIpc) is 3.47. The number of halogens is 1. The summed E-state index contributed by atoms with van der Waals surface area (Å²) < 4.78 is 6.57. The van der Waals surface area contributed by atoms with Gasteiger partial charge in [0.1, 0.15) is 11.6 Å². The number of fused-ring (bicyclic) bond motifs is 1. The van der Waals surface area contributed by atoms with E-state index in [1.165, 1.54) is 0 Å². The lowest BCUT2D eigenvalue weighted by Crippen LogP contribution is -2.56. The van der Waals surface area contributed by atoms with E-state index in [2.05, 4.69) is 29.1 Å². The molecule has 3 saturated heterocycles. The molecule has 37 heavy (non-hydrogen) atoms. The number of carbonyl (C=O) groups is 3. The molecule has 1 spiro atoms. The highest BCUT2D eigenvalue weighted by Crippen LogP contribution is 2.60. The first-order chi connectivity index (χ1) is 17.8. The van der Waals surface area contributed by atoms with Crippen molar-refractivity contribution >= 4 is 33.7 Å². The highest BCUT2D eigenvalue weighted by Gasteiger charge is 2.76. The molecule has 3 amide bonds. The molecule has 3 aliphatic heterocycles. The second-order valence-corrected chi connectivity index (χ2v) is 11.3. The third kappa shape index (κ3) is 4.89. The summed E-state index contributed by atoms with van der Waals surface area (Å²) in [7, 11) is 1.69. The molecular weight excluding hydrogens is 538 g/mol. The average molecular weight is 575 g/mol. The van der Waals surface area contributed by atoms with Gasteiger partial charge in [-0.2, -0.15) is 0 Å². The maximum Gasteiger partial charge on any atom is 0.248 e. The van der Waals surface area contributed by atoms with Crippen molar-refractivity contribution in [3.63, 3.8) is 0 Å². The Bertz CT molecular complexity index is 1040. The zero-order chi connectivity index (χ0) is 26.7. The lowest BCUT2D eigenvalue weighted by Gasteiger charge is -2.37. The fourth-order valence-electron chi connectivity index (χ4n) is 6.23. The van der Waals surface area contributed by atoms with Gasteiger partial charge in [-0.05, 0) is 24.8 Å². The van der Waals surface area contributed by atoms with E-state index in [0.29, 0.717) is 45.4 Å². The number of ether oxygens (including phenoxy) is 1. The first-order valence-corrected chi connectivity index (χ1v) is 13.7. The van der Waals surface area contributed by atoms with Crippen LogP contribution in [0.25, 0.3) is 0 Å². The minimum absolute atomic E-state index is 0.00131. The van der Waals surface area contributed by atoms with E-state index in [9.17, 15) is 19.5 Å². The van der Waals surface area contributed by atoms with Crippen LogP contribution in [0.1, 0.15) is 24.8 Å². The standard InChI is InChI=1S/C28H36BrN3O5/c1-4-13-30(3)25(34)21-22-26(35)32(15-9-10-16-33)24(28(22)17-20(29)23(21)37-28)27(36)31(14-5-2)18-19-11-7-6-8-12-19/h4-8,11-12,20-24,33H,1-2,9-10,13-18H2,3H3/t20?,21-,22+,23-,24?,28?/m1/s1. The number of likely N-dealkylation sites (tertiary alicyclic amines) is 1. The summed E-state index contributed by atoms with van der Waals surface area (Å²) in [5.74, 6) is -2.03. The largest absolute Gasteiger partial charge is 0.396 e. The van der Waals surface area contributed by atoms with Gasteiger partial charge in [-0.15, -0.1) is 13.2 Å². The van der Waals surface area contributed by atoms with Crippen LogP contribution in [0, 0.1) is 11.8 Å². The minimum atomic E-state index is -1.10. The number of hydrogen-bond acceptors (Lipinski definition) is 5. The van der Waals surface area contributed by atoms with Crippen LogP contribution in [-0.2, 0) is 25.7 Å². The Hall–Kier alpha value is -2.49. The fourth-order valence-corrected chi connectivity index (χ4v) is 7.17. The molecule has 9 heteroatoms. The lowest BCUT2D eigenvalue weighted by atomic mass is 9.70. The van der Waals surface area contributed by atoms with Gasteiger partial charge < -0.3 is 24.5 Å². The monoisotopic (exact) mass is 573 g/mol. The van der Waals surface area contributed by atoms with Crippen molar-refractivity contribution in [1.82, 2.24) is 14.7 Å². The Morgan fingerprint density at radius 3 is 2.54 bits per heavy atom. The normalized spacial score (nSPS) is 29.8. The summed E-state index contributed by atoms with van der Waals surface area (Å²) in [5, 5.41) is 9.35. The summed E-state index contributed by atoms with van der Waals surface area (Å²) >= 11 is 3.71. The topological polar surface area (TPSA) is 90.4 Å². The molecule has 4 rings (SSSR count). The summed E-state index contributed by atoms with van der Waals surface area (Å²) in [4.78, 5) is 46.6. The summed E-state index contributed by atoms with van der Waals surface area (Å²) in [6.45, 7) is 8.92. The molecule has 0 aromatic heterocycles. The minimum Gasteiger partial charge on any atom is -0.396 e. The second kappa shape index (κ2) is 11.5. The molecule has 6 atom stereocenters. The fraction of sp³-hybridized carbons (Fsp3) is 0.536. The van der Waals surface area contributed by atoms with Gasteiger partial charge in [-0.25, -0.2) is 0 Å². The molecule has 0 radical (unpaired) electrons. The number of aliphatic hydroxyl groups is 1. The number of likely N-dealkylation sites (N-methyl/N-ethyl adjacent to an activating group) is 1. The van der Waals surface area contributed by atoms with Crippen LogP contribution in [0.5, 0.6) is 0 Å². The van der Waals surface area contributed by atoms with E-state index in [1.54, 1.807) is 33.9 Å². The Labute approximate surface area is 227 Å². The molecular formula is C28H36BrN3O5. The molecule has 200 valence electrons. The van der Waals surface area contributed by atoms with E-state index < -0.39 is 29.6 Å². The van der Waals surface area contributed by atoms with Gasteiger partial charge in [0.2, 0.25) is 17.7 Å². The maximum absolute atomic E-state index is 14.3. The number of rotatable bonds is 12. The van der Waals surface area contributed by atoms with Crippen molar-refractivity contribution in [1.29, 1.82) is 0 Å². The van der Waals surface area contributed by atoms with Crippen molar-refractivity contribution in [3.05, 3.63) is 61.2 Å². The van der Waals surface area contributed by atoms with Crippen molar-refractivity contribution in [3.8, 4) is 0 Å². The Morgan fingerprint density at radius 1 is 1.19 bits per heavy atom. The van der Waals surface area contributed by atoms with E-state index in [0.717, 1.165) is 5.56 Å². The molecule has 3 fully saturated rings. The zero-order valence-corrected chi connectivity index (χ0v) is 22.9. The molecule has 3 unspecified atom stereocenters. The number of nitrogens with zero attached hydrogens (tertiary/aromatic N) is 3. The third-order valence-electron chi connectivity index (χ3n) is 7.77. The van der Waals surface area contributed by atoms with Gasteiger partial charge in [0, 0.05) is 44.7 Å². The summed E-state index contributed by atoms with van der Waals surface area (Å²) in [6, 6.07) is 8.83. The lowest BCUT2D eigenvalue weighted by molar-refractivity contribution is -0.148. The number of unbranched alkanes of at least 4 members (excludes halogenated alkanes) is 1. The molecule has 8 nitrogen and oxygen atoms in total. The van der Waals surface area contributed by atoms with Crippen molar-refractivity contribution < 1.29 is 24.2 Å². The van der Waals surface area contributed by atoms with E-state index in [4.69, 9.17) is 4.74 Å². The van der Waals surface area contributed by atoms with Crippen LogP contribution < -0.4 is 0 Å². The van der Waals surface area contributed by atoms with Crippen molar-refractivity contribution in [2.75, 3.05) is 33.3 Å². The summed E-state index contributed by atoms with van der Waals surface area (Å²) in [5.41, 5.74) is -0.130. The number of aliphatic hydroxyl groups excluding tert-OH is 1. The van der Waals surface area contributed by atoms with Gasteiger partial charge in [0.25, 0.3) is 0 Å². The quantitative estimate of drug-likeness (QED) is 0.235. The van der Waals surface area contributed by atoms with Gasteiger partial charge in [0.15, 0.2) is 0 Å². The van der Waals surface area contributed by atoms with E-state index in [-0.39, 0.29) is 29.2 Å². The predicted octanol–water partition coefficient (Wildman–Crippen LogP) is 2.37. The zero-order valence-electron chi connectivity index (χ0n) is 21.3. The SMILES string of the molecule is C=CCN(C)C(=O)[C@H]1[C@@H]2OC3(CC2Br)C(C(=O)N(CC=C)Cc2ccccc2)N(CCCCO)C(=O)[C@H]13. The van der Waals surface area contributed by atoms with Crippen LogP contribution in [0.3, 0.4) is 0 Å². The second-order valence-electron chi connectivity index (χ2n) is 10.1. The van der Waals surface area contributed by atoms with Gasteiger partial charge in [0.05, 0.1) is 17.9 Å². The van der Waals surface area contributed by atoms with Crippen molar-refractivity contribution in [2.24, 2.45) is 11.8 Å². The number of carbonyl (C=O) groups excluding carboxylic acids is 3. The molecule has 1 aromatic rings. The number of amides is 3. The van der Waals surface area contributed by atoms with Gasteiger partial charge in [-0.1, -0.05) is 58.4 Å².